The molecule has 2 heterocycles. The molecule has 9 nitrogen and oxygen atoms in total. The zero-order chi connectivity index (χ0) is 18.9. The van der Waals surface area contributed by atoms with Gasteiger partial charge in [-0.15, -0.1) is 0 Å². The first-order valence-electron chi connectivity index (χ1n) is 9.35. The SMILES string of the molecule is O=[N+]([O-])c1c(NCCCn2ccnc2)ncnc1NCCC1=CCCCC1. The maximum atomic E-state index is 11.5. The highest BCUT2D eigenvalue weighted by molar-refractivity contribution is 5.69. The molecule has 0 fully saturated rings. The van der Waals surface area contributed by atoms with Crippen molar-refractivity contribution in [2.45, 2.75) is 45.1 Å². The predicted molar refractivity (Wildman–Crippen MR) is 104 cm³/mol. The Balaban J connectivity index is 1.56. The second-order valence-electron chi connectivity index (χ2n) is 6.54. The molecule has 144 valence electrons. The summed E-state index contributed by atoms with van der Waals surface area (Å²) in [5, 5.41) is 17.7. The average Bonchev–Trinajstić information content (AvgIpc) is 3.19. The summed E-state index contributed by atoms with van der Waals surface area (Å²) in [4.78, 5) is 23.2. The van der Waals surface area contributed by atoms with E-state index in [1.807, 2.05) is 10.8 Å². The molecule has 3 rings (SSSR count). The van der Waals surface area contributed by atoms with Crippen LogP contribution in [0.3, 0.4) is 0 Å². The van der Waals surface area contributed by atoms with Crippen molar-refractivity contribution >= 4 is 17.3 Å². The molecular weight excluding hydrogens is 346 g/mol. The quantitative estimate of drug-likeness (QED) is 0.285. The van der Waals surface area contributed by atoms with E-state index in [2.05, 4.69) is 31.7 Å². The number of hydrogen-bond donors (Lipinski definition) is 2. The number of nitrogens with zero attached hydrogens (tertiary/aromatic N) is 5. The van der Waals surface area contributed by atoms with Gasteiger partial charge < -0.3 is 15.2 Å². The van der Waals surface area contributed by atoms with E-state index in [4.69, 9.17) is 0 Å². The third kappa shape index (κ3) is 5.50. The van der Waals surface area contributed by atoms with Crippen molar-refractivity contribution in [2.24, 2.45) is 0 Å². The van der Waals surface area contributed by atoms with Gasteiger partial charge in [0.15, 0.2) is 0 Å². The normalized spacial score (nSPS) is 13.9. The fourth-order valence-electron chi connectivity index (χ4n) is 3.17. The van der Waals surface area contributed by atoms with E-state index < -0.39 is 4.92 Å². The van der Waals surface area contributed by atoms with Gasteiger partial charge in [0.2, 0.25) is 11.6 Å². The summed E-state index contributed by atoms with van der Waals surface area (Å²) in [5.74, 6) is 0.517. The standard InChI is InChI=1S/C18H25N7O2/c26-25(27)16-17(20-8-4-11-24-12-10-19-14-24)22-13-23-18(16)21-9-7-15-5-2-1-3-6-15/h5,10,12-14H,1-4,6-9,11H2,(H2,20,21,22,23). The van der Waals surface area contributed by atoms with Gasteiger partial charge in [-0.3, -0.25) is 10.1 Å². The molecule has 1 aliphatic rings. The van der Waals surface area contributed by atoms with Crippen LogP contribution in [0.5, 0.6) is 0 Å². The van der Waals surface area contributed by atoms with E-state index in [0.717, 1.165) is 32.2 Å². The number of allylic oxidation sites excluding steroid dienone is 1. The molecule has 9 heteroatoms. The minimum absolute atomic E-state index is 0.0993. The number of rotatable bonds is 10. The van der Waals surface area contributed by atoms with E-state index in [1.165, 1.54) is 24.7 Å². The van der Waals surface area contributed by atoms with Crippen LogP contribution < -0.4 is 10.6 Å². The molecule has 0 saturated heterocycles. The zero-order valence-corrected chi connectivity index (χ0v) is 15.3. The summed E-state index contributed by atoms with van der Waals surface area (Å²) < 4.78 is 1.96. The van der Waals surface area contributed by atoms with Gasteiger partial charge in [-0.25, -0.2) is 15.0 Å². The van der Waals surface area contributed by atoms with Crippen LogP contribution in [0.15, 0.2) is 36.7 Å². The second kappa shape index (κ2) is 9.65. The summed E-state index contributed by atoms with van der Waals surface area (Å²) in [7, 11) is 0. The Bertz CT molecular complexity index is 774. The van der Waals surface area contributed by atoms with E-state index in [9.17, 15) is 10.1 Å². The average molecular weight is 371 g/mol. The number of aromatic nitrogens is 4. The van der Waals surface area contributed by atoms with Crippen LogP contribution in [0.4, 0.5) is 17.3 Å². The lowest BCUT2D eigenvalue weighted by molar-refractivity contribution is -0.383. The topological polar surface area (TPSA) is 111 Å². The third-order valence-electron chi connectivity index (χ3n) is 4.57. The smallest absolute Gasteiger partial charge is 0.353 e. The summed E-state index contributed by atoms with van der Waals surface area (Å²) in [6, 6.07) is 0. The van der Waals surface area contributed by atoms with Crippen LogP contribution in [0, 0.1) is 10.1 Å². The Labute approximate surface area is 158 Å². The highest BCUT2D eigenvalue weighted by Crippen LogP contribution is 2.29. The van der Waals surface area contributed by atoms with Gasteiger partial charge >= 0.3 is 5.69 Å². The predicted octanol–water partition coefficient (Wildman–Crippen LogP) is 3.39. The Morgan fingerprint density at radius 3 is 2.67 bits per heavy atom. The van der Waals surface area contributed by atoms with Crippen LogP contribution in [-0.2, 0) is 6.54 Å². The van der Waals surface area contributed by atoms with Crippen molar-refractivity contribution in [2.75, 3.05) is 23.7 Å². The zero-order valence-electron chi connectivity index (χ0n) is 15.3. The van der Waals surface area contributed by atoms with Gasteiger partial charge in [-0.2, -0.15) is 0 Å². The van der Waals surface area contributed by atoms with E-state index >= 15 is 0 Å². The Morgan fingerprint density at radius 1 is 1.19 bits per heavy atom. The molecule has 0 atom stereocenters. The van der Waals surface area contributed by atoms with Crippen LogP contribution in [-0.4, -0.2) is 37.5 Å². The molecule has 0 spiro atoms. The molecular formula is C18H25N7O2. The van der Waals surface area contributed by atoms with Gasteiger partial charge in [0, 0.05) is 32.0 Å². The molecule has 1 aliphatic carbocycles. The largest absolute Gasteiger partial charge is 0.364 e. The number of hydrogen-bond acceptors (Lipinski definition) is 7. The number of anilines is 2. The lowest BCUT2D eigenvalue weighted by atomic mass is 9.97. The van der Waals surface area contributed by atoms with Crippen molar-refractivity contribution < 1.29 is 4.92 Å². The van der Waals surface area contributed by atoms with Gasteiger partial charge in [-0.05, 0) is 38.5 Å². The number of nitrogens with one attached hydrogen (secondary N) is 2. The molecule has 0 radical (unpaired) electrons. The summed E-state index contributed by atoms with van der Waals surface area (Å²) >= 11 is 0. The molecule has 2 aromatic rings. The molecule has 2 N–H and O–H groups in total. The van der Waals surface area contributed by atoms with Crippen LogP contribution >= 0.6 is 0 Å². The highest BCUT2D eigenvalue weighted by Gasteiger charge is 2.22. The number of aryl methyl sites for hydroxylation is 1. The molecule has 0 unspecified atom stereocenters. The summed E-state index contributed by atoms with van der Waals surface area (Å²) in [6.45, 7) is 1.98. The number of nitro groups is 1. The van der Waals surface area contributed by atoms with Gasteiger partial charge in [0.25, 0.3) is 0 Å². The molecule has 0 aliphatic heterocycles. The summed E-state index contributed by atoms with van der Waals surface area (Å²) in [6.07, 6.45) is 15.4. The fraction of sp³-hybridized carbons (Fsp3) is 0.500. The maximum absolute atomic E-state index is 11.5. The van der Waals surface area contributed by atoms with Crippen molar-refractivity contribution in [3.8, 4) is 0 Å². The minimum Gasteiger partial charge on any atom is -0.364 e. The second-order valence-corrected chi connectivity index (χ2v) is 6.54. The van der Waals surface area contributed by atoms with E-state index in [-0.39, 0.29) is 17.3 Å². The molecule has 2 aromatic heterocycles. The monoisotopic (exact) mass is 371 g/mol. The van der Waals surface area contributed by atoms with Gasteiger partial charge in [-0.1, -0.05) is 11.6 Å². The van der Waals surface area contributed by atoms with Crippen LogP contribution in [0.25, 0.3) is 0 Å². The molecule has 0 bridgehead atoms. The first kappa shape index (κ1) is 18.8. The highest BCUT2D eigenvalue weighted by atomic mass is 16.6. The van der Waals surface area contributed by atoms with Crippen molar-refractivity contribution in [1.29, 1.82) is 0 Å². The van der Waals surface area contributed by atoms with Crippen molar-refractivity contribution in [3.63, 3.8) is 0 Å². The maximum Gasteiger partial charge on any atom is 0.353 e. The minimum atomic E-state index is -0.430. The Hall–Kier alpha value is -2.97. The molecule has 27 heavy (non-hydrogen) atoms. The molecule has 0 aromatic carbocycles. The first-order valence-corrected chi connectivity index (χ1v) is 9.35. The first-order chi connectivity index (χ1) is 13.2. The van der Waals surface area contributed by atoms with E-state index in [0.29, 0.717) is 13.1 Å². The van der Waals surface area contributed by atoms with Crippen LogP contribution in [0.1, 0.15) is 38.5 Å². The Morgan fingerprint density at radius 2 is 2.00 bits per heavy atom. The summed E-state index contributed by atoms with van der Waals surface area (Å²) in [5.41, 5.74) is 1.32. The molecule has 0 amide bonds. The van der Waals surface area contributed by atoms with Gasteiger partial charge in [0.1, 0.15) is 6.33 Å². The Kier molecular flexibility index (Phi) is 6.72. The van der Waals surface area contributed by atoms with E-state index in [1.54, 1.807) is 12.5 Å². The van der Waals surface area contributed by atoms with Crippen molar-refractivity contribution in [1.82, 2.24) is 19.5 Å². The molecule has 0 saturated carbocycles. The fourth-order valence-corrected chi connectivity index (χ4v) is 3.17. The van der Waals surface area contributed by atoms with Crippen molar-refractivity contribution in [3.05, 3.63) is 46.8 Å². The van der Waals surface area contributed by atoms with Gasteiger partial charge in [0.05, 0.1) is 11.3 Å². The lowest BCUT2D eigenvalue weighted by Gasteiger charge is -2.13. The third-order valence-corrected chi connectivity index (χ3v) is 4.57. The van der Waals surface area contributed by atoms with Crippen LogP contribution in [0.2, 0.25) is 0 Å². The number of imidazole rings is 1. The lowest BCUT2D eigenvalue weighted by Crippen LogP contribution is -2.12.